The van der Waals surface area contributed by atoms with Gasteiger partial charge >= 0.3 is 5.97 Å². The summed E-state index contributed by atoms with van der Waals surface area (Å²) in [5.74, 6) is -1.88. The van der Waals surface area contributed by atoms with E-state index in [2.05, 4.69) is 10.4 Å². The van der Waals surface area contributed by atoms with Crippen LogP contribution in [0.3, 0.4) is 0 Å². The Labute approximate surface area is 141 Å². The number of amides is 1. The van der Waals surface area contributed by atoms with Crippen LogP contribution >= 0.6 is 0 Å². The van der Waals surface area contributed by atoms with E-state index in [0.29, 0.717) is 12.0 Å². The van der Waals surface area contributed by atoms with Gasteiger partial charge in [-0.25, -0.2) is 0 Å². The summed E-state index contributed by atoms with van der Waals surface area (Å²) in [4.78, 5) is 23.6. The van der Waals surface area contributed by atoms with Gasteiger partial charge in [-0.3, -0.25) is 14.3 Å². The first kappa shape index (κ1) is 17.7. The van der Waals surface area contributed by atoms with E-state index in [1.165, 1.54) is 6.20 Å². The van der Waals surface area contributed by atoms with E-state index in [1.54, 1.807) is 10.9 Å². The minimum absolute atomic E-state index is 0.0844. The number of aryl methyl sites for hydroxylation is 2. The highest BCUT2D eigenvalue weighted by atomic mass is 16.4. The summed E-state index contributed by atoms with van der Waals surface area (Å²) < 4.78 is 1.70. The Morgan fingerprint density at radius 2 is 2.17 bits per heavy atom. The number of carbonyl (C=O) groups excluding carboxylic acids is 1. The van der Waals surface area contributed by atoms with E-state index in [4.69, 9.17) is 0 Å². The van der Waals surface area contributed by atoms with E-state index in [9.17, 15) is 14.7 Å². The lowest BCUT2D eigenvalue weighted by molar-refractivity contribution is -0.141. The van der Waals surface area contributed by atoms with Crippen LogP contribution in [0, 0.1) is 12.8 Å². The Balaban J connectivity index is 1.95. The maximum atomic E-state index is 12.1. The van der Waals surface area contributed by atoms with Crippen LogP contribution in [0.25, 0.3) is 0 Å². The number of nitrogens with one attached hydrogen (secondary N) is 1. The molecule has 0 spiro atoms. The molecule has 2 rings (SSSR count). The zero-order valence-electron chi connectivity index (χ0n) is 14.0. The van der Waals surface area contributed by atoms with Gasteiger partial charge in [0, 0.05) is 19.3 Å². The van der Waals surface area contributed by atoms with E-state index >= 15 is 0 Å². The minimum Gasteiger partial charge on any atom is -0.481 e. The molecule has 1 aromatic heterocycles. The standard InChI is InChI=1S/C18H23N3O3/c1-3-7-21-12-16(11-20-21)17(22)19-10-15(18(23)24)9-14-6-4-5-13(2)8-14/h4-6,8,11-12,15H,3,7,9-10H2,1-2H3,(H,19,22)(H,23,24). The third-order valence-electron chi connectivity index (χ3n) is 3.77. The lowest BCUT2D eigenvalue weighted by atomic mass is 9.98. The van der Waals surface area contributed by atoms with Crippen molar-refractivity contribution in [2.45, 2.75) is 33.2 Å². The number of hydrogen-bond acceptors (Lipinski definition) is 3. The Kier molecular flexibility index (Phi) is 6.12. The molecule has 1 unspecified atom stereocenters. The molecule has 128 valence electrons. The molecule has 0 saturated carbocycles. The van der Waals surface area contributed by atoms with Gasteiger partial charge in [-0.2, -0.15) is 5.10 Å². The molecule has 6 nitrogen and oxygen atoms in total. The van der Waals surface area contributed by atoms with Crippen molar-refractivity contribution in [3.05, 3.63) is 53.3 Å². The van der Waals surface area contributed by atoms with E-state index in [0.717, 1.165) is 24.1 Å². The summed E-state index contributed by atoms with van der Waals surface area (Å²) in [6.45, 7) is 4.83. The van der Waals surface area contributed by atoms with E-state index < -0.39 is 11.9 Å². The predicted octanol–water partition coefficient (Wildman–Crippen LogP) is 2.27. The Morgan fingerprint density at radius 3 is 2.83 bits per heavy atom. The Bertz CT molecular complexity index is 709. The molecule has 0 bridgehead atoms. The SMILES string of the molecule is CCCn1cc(C(=O)NCC(Cc2cccc(C)c2)C(=O)O)cn1. The lowest BCUT2D eigenvalue weighted by Crippen LogP contribution is -2.34. The second-order valence-electron chi connectivity index (χ2n) is 5.93. The van der Waals surface area contributed by atoms with Crippen LogP contribution in [0.1, 0.15) is 34.8 Å². The van der Waals surface area contributed by atoms with Gasteiger partial charge in [-0.05, 0) is 25.3 Å². The Morgan fingerprint density at radius 1 is 1.38 bits per heavy atom. The molecular formula is C18H23N3O3. The molecule has 24 heavy (non-hydrogen) atoms. The average molecular weight is 329 g/mol. The van der Waals surface area contributed by atoms with Gasteiger partial charge in [0.15, 0.2) is 0 Å². The van der Waals surface area contributed by atoms with E-state index in [-0.39, 0.29) is 12.5 Å². The summed E-state index contributed by atoms with van der Waals surface area (Å²) in [5.41, 5.74) is 2.49. The third-order valence-corrected chi connectivity index (χ3v) is 3.77. The van der Waals surface area contributed by atoms with Crippen molar-refractivity contribution < 1.29 is 14.7 Å². The van der Waals surface area contributed by atoms with Crippen molar-refractivity contribution in [3.8, 4) is 0 Å². The highest BCUT2D eigenvalue weighted by Gasteiger charge is 2.20. The molecule has 0 aliphatic heterocycles. The van der Waals surface area contributed by atoms with Crippen molar-refractivity contribution in [2.75, 3.05) is 6.54 Å². The normalized spacial score (nSPS) is 11.9. The molecule has 0 fully saturated rings. The zero-order chi connectivity index (χ0) is 17.5. The van der Waals surface area contributed by atoms with Crippen LogP contribution < -0.4 is 5.32 Å². The largest absolute Gasteiger partial charge is 0.481 e. The number of rotatable bonds is 8. The number of carbonyl (C=O) groups is 2. The summed E-state index contributed by atoms with van der Waals surface area (Å²) in [6.07, 6.45) is 4.49. The summed E-state index contributed by atoms with van der Waals surface area (Å²) in [7, 11) is 0. The van der Waals surface area contributed by atoms with Crippen LogP contribution in [0.5, 0.6) is 0 Å². The molecular weight excluding hydrogens is 306 g/mol. The number of carboxylic acid groups (broad SMARTS) is 1. The lowest BCUT2D eigenvalue weighted by Gasteiger charge is -2.13. The van der Waals surface area contributed by atoms with Crippen LogP contribution in [0.15, 0.2) is 36.7 Å². The number of carboxylic acids is 1. The topological polar surface area (TPSA) is 84.2 Å². The maximum Gasteiger partial charge on any atom is 0.308 e. The fourth-order valence-corrected chi connectivity index (χ4v) is 2.52. The van der Waals surface area contributed by atoms with Crippen LogP contribution in [0.2, 0.25) is 0 Å². The van der Waals surface area contributed by atoms with Gasteiger partial charge in [-0.15, -0.1) is 0 Å². The average Bonchev–Trinajstić information content (AvgIpc) is 3.00. The predicted molar refractivity (Wildman–Crippen MR) is 90.9 cm³/mol. The molecule has 0 aliphatic rings. The van der Waals surface area contributed by atoms with E-state index in [1.807, 2.05) is 38.1 Å². The molecule has 1 atom stereocenters. The smallest absolute Gasteiger partial charge is 0.308 e. The van der Waals surface area contributed by atoms with Crippen LogP contribution in [-0.4, -0.2) is 33.3 Å². The van der Waals surface area contributed by atoms with Crippen LogP contribution in [0.4, 0.5) is 0 Å². The third kappa shape index (κ3) is 4.94. The van der Waals surface area contributed by atoms with Crippen molar-refractivity contribution in [1.29, 1.82) is 0 Å². The first-order valence-electron chi connectivity index (χ1n) is 8.08. The first-order valence-corrected chi connectivity index (χ1v) is 8.08. The maximum absolute atomic E-state index is 12.1. The molecule has 1 aromatic carbocycles. The first-order chi connectivity index (χ1) is 11.5. The summed E-state index contributed by atoms with van der Waals surface area (Å²) in [5, 5.41) is 16.2. The number of aliphatic carboxylic acids is 1. The van der Waals surface area contributed by atoms with Crippen molar-refractivity contribution >= 4 is 11.9 Å². The van der Waals surface area contributed by atoms with Gasteiger partial charge in [0.25, 0.3) is 5.91 Å². The van der Waals surface area contributed by atoms with Gasteiger partial charge in [0.2, 0.25) is 0 Å². The molecule has 0 saturated heterocycles. The molecule has 0 aliphatic carbocycles. The second-order valence-corrected chi connectivity index (χ2v) is 5.93. The second kappa shape index (κ2) is 8.29. The Hall–Kier alpha value is -2.63. The van der Waals surface area contributed by atoms with Crippen molar-refractivity contribution in [1.82, 2.24) is 15.1 Å². The number of hydrogen-bond donors (Lipinski definition) is 2. The summed E-state index contributed by atoms with van der Waals surface area (Å²) >= 11 is 0. The molecule has 1 amide bonds. The molecule has 2 N–H and O–H groups in total. The fraction of sp³-hybridized carbons (Fsp3) is 0.389. The van der Waals surface area contributed by atoms with Gasteiger partial charge in [-0.1, -0.05) is 36.8 Å². The monoisotopic (exact) mass is 329 g/mol. The summed E-state index contributed by atoms with van der Waals surface area (Å²) in [6, 6.07) is 7.74. The highest BCUT2D eigenvalue weighted by molar-refractivity contribution is 5.93. The quantitative estimate of drug-likeness (QED) is 0.778. The highest BCUT2D eigenvalue weighted by Crippen LogP contribution is 2.11. The minimum atomic E-state index is -0.918. The number of aromatic nitrogens is 2. The molecule has 2 aromatic rings. The molecule has 1 heterocycles. The number of benzene rings is 1. The van der Waals surface area contributed by atoms with Crippen LogP contribution in [-0.2, 0) is 17.8 Å². The zero-order valence-corrected chi connectivity index (χ0v) is 14.0. The van der Waals surface area contributed by atoms with Crippen molar-refractivity contribution in [3.63, 3.8) is 0 Å². The number of nitrogens with zero attached hydrogens (tertiary/aromatic N) is 2. The molecule has 6 heteroatoms. The van der Waals surface area contributed by atoms with Gasteiger partial charge in [0.1, 0.15) is 0 Å². The van der Waals surface area contributed by atoms with Gasteiger partial charge in [0.05, 0.1) is 17.7 Å². The van der Waals surface area contributed by atoms with Gasteiger partial charge < -0.3 is 10.4 Å². The fourth-order valence-electron chi connectivity index (χ4n) is 2.52. The van der Waals surface area contributed by atoms with Crippen molar-refractivity contribution in [2.24, 2.45) is 5.92 Å². The molecule has 0 radical (unpaired) electrons.